The van der Waals surface area contributed by atoms with Crippen LogP contribution in [0.3, 0.4) is 0 Å². The quantitative estimate of drug-likeness (QED) is 0.722. The first kappa shape index (κ1) is 11.4. The van der Waals surface area contributed by atoms with Crippen molar-refractivity contribution >= 4 is 48.7 Å². The summed E-state index contributed by atoms with van der Waals surface area (Å²) in [5.41, 5.74) is 8.73. The summed E-state index contributed by atoms with van der Waals surface area (Å²) < 4.78 is 2.40. The summed E-state index contributed by atoms with van der Waals surface area (Å²) in [6.45, 7) is 0. The van der Waals surface area contributed by atoms with Crippen molar-refractivity contribution in [3.63, 3.8) is 0 Å². The molecule has 1 atom stereocenters. The van der Waals surface area contributed by atoms with Gasteiger partial charge in [-0.15, -0.1) is 11.3 Å². The van der Waals surface area contributed by atoms with Crippen LogP contribution in [0.15, 0.2) is 44.9 Å². The van der Waals surface area contributed by atoms with Crippen molar-refractivity contribution < 1.29 is 0 Å². The van der Waals surface area contributed by atoms with E-state index in [9.17, 15) is 0 Å². The van der Waals surface area contributed by atoms with E-state index >= 15 is 0 Å². The molecule has 0 radical (unpaired) electrons. The number of nitrogens with two attached hydrogens (primary N) is 1. The third-order valence-electron chi connectivity index (χ3n) is 2.82. The Hall–Kier alpha value is -0.680. The maximum atomic E-state index is 6.36. The lowest BCUT2D eigenvalue weighted by Gasteiger charge is -2.10. The molecule has 0 fully saturated rings. The van der Waals surface area contributed by atoms with Crippen molar-refractivity contribution in [1.82, 2.24) is 0 Å². The van der Waals surface area contributed by atoms with Crippen LogP contribution in [0.5, 0.6) is 0 Å². The fourth-order valence-corrected chi connectivity index (χ4v) is 4.50. The van der Waals surface area contributed by atoms with E-state index in [2.05, 4.69) is 56.3 Å². The molecule has 4 heteroatoms. The normalized spacial score (nSPS) is 13.1. The Morgan fingerprint density at radius 3 is 2.65 bits per heavy atom. The SMILES string of the molecule is NC(c1cscc1Br)c1csc2ccccc12. The van der Waals surface area contributed by atoms with Gasteiger partial charge in [0.25, 0.3) is 0 Å². The van der Waals surface area contributed by atoms with Crippen molar-refractivity contribution in [2.24, 2.45) is 5.73 Å². The average molecular weight is 324 g/mol. The van der Waals surface area contributed by atoms with Crippen LogP contribution in [-0.4, -0.2) is 0 Å². The number of rotatable bonds is 2. The van der Waals surface area contributed by atoms with E-state index in [1.165, 1.54) is 21.2 Å². The molecule has 0 saturated carbocycles. The Bertz CT molecular complexity index is 656. The van der Waals surface area contributed by atoms with Crippen LogP contribution < -0.4 is 5.73 Å². The Balaban J connectivity index is 2.13. The van der Waals surface area contributed by atoms with E-state index in [1.807, 2.05) is 0 Å². The minimum atomic E-state index is -0.0493. The van der Waals surface area contributed by atoms with E-state index < -0.39 is 0 Å². The molecule has 2 heterocycles. The van der Waals surface area contributed by atoms with Crippen LogP contribution in [0.4, 0.5) is 0 Å². The smallest absolute Gasteiger partial charge is 0.0585 e. The lowest BCUT2D eigenvalue weighted by atomic mass is 10.0. The zero-order valence-electron chi connectivity index (χ0n) is 8.89. The van der Waals surface area contributed by atoms with Crippen molar-refractivity contribution in [1.29, 1.82) is 0 Å². The van der Waals surface area contributed by atoms with Gasteiger partial charge >= 0.3 is 0 Å². The summed E-state index contributed by atoms with van der Waals surface area (Å²) in [6.07, 6.45) is 0. The van der Waals surface area contributed by atoms with Gasteiger partial charge in [0.1, 0.15) is 0 Å². The molecular weight excluding hydrogens is 314 g/mol. The maximum absolute atomic E-state index is 6.36. The van der Waals surface area contributed by atoms with Gasteiger partial charge in [-0.05, 0) is 49.3 Å². The lowest BCUT2D eigenvalue weighted by molar-refractivity contribution is 0.885. The molecule has 0 aliphatic rings. The Morgan fingerprint density at radius 2 is 1.88 bits per heavy atom. The predicted octanol–water partition coefficient (Wildman–Crippen LogP) is 4.77. The van der Waals surface area contributed by atoms with E-state index in [1.54, 1.807) is 22.7 Å². The zero-order valence-corrected chi connectivity index (χ0v) is 12.1. The molecule has 86 valence electrons. The summed E-state index contributed by atoms with van der Waals surface area (Å²) in [5.74, 6) is 0. The highest BCUT2D eigenvalue weighted by Crippen LogP contribution is 2.35. The van der Waals surface area contributed by atoms with Crippen molar-refractivity contribution in [2.75, 3.05) is 0 Å². The molecule has 1 unspecified atom stereocenters. The molecule has 0 bridgehead atoms. The van der Waals surface area contributed by atoms with Gasteiger partial charge in [0, 0.05) is 14.6 Å². The summed E-state index contributed by atoms with van der Waals surface area (Å²) >= 11 is 6.98. The molecule has 1 aromatic carbocycles. The Labute approximate surface area is 116 Å². The summed E-state index contributed by atoms with van der Waals surface area (Å²) in [5, 5.41) is 7.62. The minimum Gasteiger partial charge on any atom is -0.320 e. The molecule has 1 nitrogen and oxygen atoms in total. The molecule has 17 heavy (non-hydrogen) atoms. The van der Waals surface area contributed by atoms with Gasteiger partial charge in [0.05, 0.1) is 6.04 Å². The molecule has 3 rings (SSSR count). The summed E-state index contributed by atoms with van der Waals surface area (Å²) in [6, 6.07) is 8.36. The van der Waals surface area contributed by atoms with Gasteiger partial charge < -0.3 is 5.73 Å². The van der Waals surface area contributed by atoms with Crippen LogP contribution in [-0.2, 0) is 0 Å². The molecule has 0 amide bonds. The van der Waals surface area contributed by atoms with Gasteiger partial charge in [0.15, 0.2) is 0 Å². The van der Waals surface area contributed by atoms with Crippen LogP contribution in [0.2, 0.25) is 0 Å². The molecule has 2 N–H and O–H groups in total. The van der Waals surface area contributed by atoms with Gasteiger partial charge in [0.2, 0.25) is 0 Å². The van der Waals surface area contributed by atoms with E-state index in [-0.39, 0.29) is 6.04 Å². The number of fused-ring (bicyclic) bond motifs is 1. The molecule has 3 aromatic rings. The van der Waals surface area contributed by atoms with Gasteiger partial charge in [-0.2, -0.15) is 11.3 Å². The zero-order chi connectivity index (χ0) is 11.8. The third-order valence-corrected chi connectivity index (χ3v) is 5.56. The second-order valence-corrected chi connectivity index (χ2v) is 6.35. The Morgan fingerprint density at radius 1 is 1.06 bits per heavy atom. The highest BCUT2D eigenvalue weighted by molar-refractivity contribution is 9.10. The minimum absolute atomic E-state index is 0.0493. The Kier molecular flexibility index (Phi) is 3.04. The van der Waals surface area contributed by atoms with E-state index in [0.29, 0.717) is 0 Å². The van der Waals surface area contributed by atoms with Crippen LogP contribution in [0.25, 0.3) is 10.1 Å². The maximum Gasteiger partial charge on any atom is 0.0585 e. The van der Waals surface area contributed by atoms with Crippen molar-refractivity contribution in [3.05, 3.63) is 56.0 Å². The molecule has 0 aliphatic heterocycles. The van der Waals surface area contributed by atoms with Crippen molar-refractivity contribution in [3.8, 4) is 0 Å². The standard InChI is InChI=1S/C13H10BrNS2/c14-11-7-16-5-10(11)13(15)9-6-17-12-4-2-1-3-8(9)12/h1-7,13H,15H2. The number of hydrogen-bond acceptors (Lipinski definition) is 3. The molecule has 0 saturated heterocycles. The topological polar surface area (TPSA) is 26.0 Å². The molecule has 0 spiro atoms. The molecular formula is C13H10BrNS2. The van der Waals surface area contributed by atoms with Crippen LogP contribution in [0.1, 0.15) is 17.2 Å². The lowest BCUT2D eigenvalue weighted by Crippen LogP contribution is -2.10. The fraction of sp³-hybridized carbons (Fsp3) is 0.0769. The number of hydrogen-bond donors (Lipinski definition) is 1. The first-order valence-corrected chi connectivity index (χ1v) is 7.82. The number of halogens is 1. The highest BCUT2D eigenvalue weighted by atomic mass is 79.9. The number of benzene rings is 1. The number of thiophene rings is 2. The van der Waals surface area contributed by atoms with Crippen LogP contribution in [0, 0.1) is 0 Å². The second kappa shape index (κ2) is 4.53. The van der Waals surface area contributed by atoms with Gasteiger partial charge in [-0.3, -0.25) is 0 Å². The van der Waals surface area contributed by atoms with Gasteiger partial charge in [-0.1, -0.05) is 18.2 Å². The monoisotopic (exact) mass is 323 g/mol. The molecule has 0 aliphatic carbocycles. The summed E-state index contributed by atoms with van der Waals surface area (Å²) in [7, 11) is 0. The highest BCUT2D eigenvalue weighted by Gasteiger charge is 2.16. The average Bonchev–Trinajstić information content (AvgIpc) is 2.94. The summed E-state index contributed by atoms with van der Waals surface area (Å²) in [4.78, 5) is 0. The fourth-order valence-electron chi connectivity index (χ4n) is 1.92. The van der Waals surface area contributed by atoms with E-state index in [4.69, 9.17) is 5.73 Å². The van der Waals surface area contributed by atoms with E-state index in [0.717, 1.165) is 4.47 Å². The van der Waals surface area contributed by atoms with Crippen LogP contribution >= 0.6 is 38.6 Å². The first-order valence-electron chi connectivity index (χ1n) is 5.20. The third kappa shape index (κ3) is 1.95. The first-order chi connectivity index (χ1) is 8.27. The largest absolute Gasteiger partial charge is 0.320 e. The predicted molar refractivity (Wildman–Crippen MR) is 79.9 cm³/mol. The van der Waals surface area contributed by atoms with Crippen molar-refractivity contribution in [2.45, 2.75) is 6.04 Å². The second-order valence-electron chi connectivity index (χ2n) is 3.84. The van der Waals surface area contributed by atoms with Gasteiger partial charge in [-0.25, -0.2) is 0 Å². The molecule has 2 aromatic heterocycles.